The molecule has 1 heterocycles. The van der Waals surface area contributed by atoms with Crippen LogP contribution in [0.2, 0.25) is 5.02 Å². The van der Waals surface area contributed by atoms with Crippen LogP contribution in [0, 0.1) is 0 Å². The number of hydrogen-bond donors (Lipinski definition) is 1. The lowest BCUT2D eigenvalue weighted by atomic mass is 10.2. The van der Waals surface area contributed by atoms with E-state index in [-0.39, 0.29) is 30.6 Å². The number of nitrogens with one attached hydrogen (secondary N) is 1. The zero-order valence-corrected chi connectivity index (χ0v) is 18.2. The first-order valence-corrected chi connectivity index (χ1v) is 8.87. The van der Waals surface area contributed by atoms with Crippen LogP contribution in [0.3, 0.4) is 0 Å². The summed E-state index contributed by atoms with van der Waals surface area (Å²) in [6, 6.07) is 7.78. The number of anilines is 1. The molecular weight excluding hydrogens is 496 g/mol. The van der Waals surface area contributed by atoms with Gasteiger partial charge in [-0.1, -0.05) is 17.7 Å². The Bertz CT molecular complexity index is 596. The fourth-order valence-corrected chi connectivity index (χ4v) is 2.93. The number of guanidine groups is 1. The topological polar surface area (TPSA) is 40.1 Å². The van der Waals surface area contributed by atoms with E-state index in [1.165, 1.54) is 0 Å². The van der Waals surface area contributed by atoms with Crippen molar-refractivity contribution >= 4 is 47.2 Å². The third-order valence-corrected chi connectivity index (χ3v) is 4.21. The van der Waals surface area contributed by atoms with Gasteiger partial charge in [-0.2, -0.15) is 13.2 Å². The van der Waals surface area contributed by atoms with E-state index in [2.05, 4.69) is 24.8 Å². The van der Waals surface area contributed by atoms with Crippen LogP contribution in [0.25, 0.3) is 0 Å². The Labute approximate surface area is 179 Å². The van der Waals surface area contributed by atoms with E-state index in [9.17, 15) is 13.2 Å². The highest BCUT2D eigenvalue weighted by Crippen LogP contribution is 2.20. The summed E-state index contributed by atoms with van der Waals surface area (Å²) in [5, 5.41) is 3.89. The second-order valence-corrected chi connectivity index (χ2v) is 6.39. The third kappa shape index (κ3) is 8.73. The average molecular weight is 521 g/mol. The van der Waals surface area contributed by atoms with Crippen molar-refractivity contribution in [1.29, 1.82) is 0 Å². The minimum Gasteiger partial charge on any atom is -0.372 e. The molecule has 0 radical (unpaired) electrons. The maximum atomic E-state index is 12.0. The predicted octanol–water partition coefficient (Wildman–Crippen LogP) is 3.62. The highest BCUT2D eigenvalue weighted by molar-refractivity contribution is 14.0. The van der Waals surface area contributed by atoms with Crippen molar-refractivity contribution in [2.75, 3.05) is 57.9 Å². The smallest absolute Gasteiger partial charge is 0.372 e. The van der Waals surface area contributed by atoms with Gasteiger partial charge in [0.2, 0.25) is 0 Å². The van der Waals surface area contributed by atoms with Gasteiger partial charge in [0.25, 0.3) is 0 Å². The number of alkyl halides is 3. The fourth-order valence-electron chi connectivity index (χ4n) is 2.74. The van der Waals surface area contributed by atoms with Crippen LogP contribution in [0.4, 0.5) is 18.9 Å². The van der Waals surface area contributed by atoms with Gasteiger partial charge in [-0.15, -0.1) is 24.0 Å². The van der Waals surface area contributed by atoms with Crippen molar-refractivity contribution in [1.82, 2.24) is 10.2 Å². The van der Waals surface area contributed by atoms with E-state index in [0.717, 1.165) is 42.8 Å². The summed E-state index contributed by atoms with van der Waals surface area (Å²) in [5.74, 6) is 0.756. The highest BCUT2D eigenvalue weighted by Gasteiger charge is 2.27. The molecule has 5 nitrogen and oxygen atoms in total. The zero-order chi connectivity index (χ0) is 19.0. The van der Waals surface area contributed by atoms with Gasteiger partial charge in [0, 0.05) is 57.1 Å². The summed E-state index contributed by atoms with van der Waals surface area (Å²) in [7, 11) is 1.70. The van der Waals surface area contributed by atoms with Crippen LogP contribution < -0.4 is 10.2 Å². The Morgan fingerprint density at radius 2 is 1.96 bits per heavy atom. The Morgan fingerprint density at radius 1 is 1.26 bits per heavy atom. The van der Waals surface area contributed by atoms with Gasteiger partial charge in [-0.25, -0.2) is 0 Å². The molecule has 1 aliphatic heterocycles. The quantitative estimate of drug-likeness (QED) is 0.269. The molecular formula is C17H25ClF3IN4O. The van der Waals surface area contributed by atoms with E-state index in [4.69, 9.17) is 11.6 Å². The van der Waals surface area contributed by atoms with E-state index in [1.807, 2.05) is 24.3 Å². The van der Waals surface area contributed by atoms with Gasteiger partial charge in [0.05, 0.1) is 0 Å². The molecule has 10 heteroatoms. The van der Waals surface area contributed by atoms with Crippen LogP contribution in [0.1, 0.15) is 6.42 Å². The van der Waals surface area contributed by atoms with Crippen molar-refractivity contribution in [3.8, 4) is 0 Å². The monoisotopic (exact) mass is 520 g/mol. The molecule has 0 atom stereocenters. The van der Waals surface area contributed by atoms with Crippen LogP contribution in [0.15, 0.2) is 29.3 Å². The molecule has 0 saturated carbocycles. The van der Waals surface area contributed by atoms with Crippen LogP contribution in [-0.4, -0.2) is 70.0 Å². The van der Waals surface area contributed by atoms with Crippen LogP contribution in [-0.2, 0) is 4.74 Å². The molecule has 2 rings (SSSR count). The lowest BCUT2D eigenvalue weighted by molar-refractivity contribution is -0.173. The average Bonchev–Trinajstić information content (AvgIpc) is 2.60. The number of hydrogen-bond acceptors (Lipinski definition) is 3. The summed E-state index contributed by atoms with van der Waals surface area (Å²) in [4.78, 5) is 8.65. The van der Waals surface area contributed by atoms with Crippen LogP contribution >= 0.6 is 35.6 Å². The van der Waals surface area contributed by atoms with Gasteiger partial charge in [0.15, 0.2) is 5.96 Å². The Kier molecular flexibility index (Phi) is 10.5. The number of benzene rings is 1. The zero-order valence-electron chi connectivity index (χ0n) is 15.1. The minimum absolute atomic E-state index is 0. The molecule has 1 aromatic rings. The summed E-state index contributed by atoms with van der Waals surface area (Å²) < 4.78 is 40.6. The summed E-state index contributed by atoms with van der Waals surface area (Å²) in [6.45, 7) is 2.66. The molecule has 154 valence electrons. The van der Waals surface area contributed by atoms with E-state index >= 15 is 0 Å². The van der Waals surface area contributed by atoms with Gasteiger partial charge < -0.3 is 19.9 Å². The van der Waals surface area contributed by atoms with Gasteiger partial charge in [0.1, 0.15) is 6.61 Å². The molecule has 1 saturated heterocycles. The SMILES string of the molecule is CN=C(NCCCOCC(F)(F)F)N1CCN(c2cccc(Cl)c2)CC1.I. The first-order chi connectivity index (χ1) is 12.4. The molecule has 1 N–H and O–H groups in total. The first-order valence-electron chi connectivity index (χ1n) is 8.49. The Balaban J connectivity index is 0.00000364. The molecule has 0 spiro atoms. The van der Waals surface area contributed by atoms with E-state index < -0.39 is 12.8 Å². The number of aliphatic imine (C=N–C) groups is 1. The lowest BCUT2D eigenvalue weighted by Crippen LogP contribution is -2.52. The summed E-state index contributed by atoms with van der Waals surface area (Å²) in [6.07, 6.45) is -3.79. The number of ether oxygens (including phenoxy) is 1. The summed E-state index contributed by atoms with van der Waals surface area (Å²) in [5.41, 5.74) is 1.10. The number of halogens is 5. The van der Waals surface area contributed by atoms with Crippen molar-refractivity contribution in [2.45, 2.75) is 12.6 Å². The highest BCUT2D eigenvalue weighted by atomic mass is 127. The Morgan fingerprint density at radius 3 is 2.56 bits per heavy atom. The second-order valence-electron chi connectivity index (χ2n) is 5.95. The third-order valence-electron chi connectivity index (χ3n) is 3.98. The molecule has 27 heavy (non-hydrogen) atoms. The largest absolute Gasteiger partial charge is 0.411 e. The van der Waals surface area contributed by atoms with Gasteiger partial charge in [-0.05, 0) is 24.6 Å². The normalized spacial score (nSPS) is 15.5. The molecule has 1 aromatic carbocycles. The Hall–Kier alpha value is -0.940. The van der Waals surface area contributed by atoms with Crippen molar-refractivity contribution in [3.05, 3.63) is 29.3 Å². The fraction of sp³-hybridized carbons (Fsp3) is 0.588. The molecule has 0 aliphatic carbocycles. The maximum Gasteiger partial charge on any atom is 0.411 e. The minimum atomic E-state index is -4.27. The molecule has 0 aromatic heterocycles. The number of rotatable bonds is 6. The standard InChI is InChI=1S/C17H24ClF3N4O.HI/c1-22-16(23-6-3-11-26-13-17(19,20)21)25-9-7-24(8-10-25)15-5-2-4-14(18)12-15;/h2,4-5,12H,3,6-11,13H2,1H3,(H,22,23);1H. The molecule has 0 amide bonds. The van der Waals surface area contributed by atoms with Gasteiger partial charge in [-0.3, -0.25) is 4.99 Å². The molecule has 0 unspecified atom stereocenters. The number of piperazine rings is 1. The summed E-state index contributed by atoms with van der Waals surface area (Å²) >= 11 is 6.05. The maximum absolute atomic E-state index is 12.0. The van der Waals surface area contributed by atoms with Crippen LogP contribution in [0.5, 0.6) is 0 Å². The van der Waals surface area contributed by atoms with Gasteiger partial charge >= 0.3 is 6.18 Å². The number of nitrogens with zero attached hydrogens (tertiary/aromatic N) is 3. The van der Waals surface area contributed by atoms with Crippen molar-refractivity contribution in [2.24, 2.45) is 4.99 Å². The molecule has 0 bridgehead atoms. The van der Waals surface area contributed by atoms with Crippen molar-refractivity contribution < 1.29 is 17.9 Å². The predicted molar refractivity (Wildman–Crippen MR) is 114 cm³/mol. The first kappa shape index (κ1) is 24.1. The van der Waals surface area contributed by atoms with E-state index in [0.29, 0.717) is 13.0 Å². The lowest BCUT2D eigenvalue weighted by Gasteiger charge is -2.37. The second kappa shape index (κ2) is 11.8. The molecule has 1 aliphatic rings. The van der Waals surface area contributed by atoms with Crippen molar-refractivity contribution in [3.63, 3.8) is 0 Å². The van der Waals surface area contributed by atoms with E-state index in [1.54, 1.807) is 7.05 Å². The molecule has 1 fully saturated rings.